The van der Waals surface area contributed by atoms with Gasteiger partial charge >= 0.3 is 0 Å². The highest BCUT2D eigenvalue weighted by molar-refractivity contribution is 5.15. The highest BCUT2D eigenvalue weighted by atomic mass is 16.5. The number of hydrogen-bond donors (Lipinski definition) is 1. The molecule has 1 atom stereocenters. The predicted octanol–water partition coefficient (Wildman–Crippen LogP) is 0.117. The van der Waals surface area contributed by atoms with E-state index in [1.165, 1.54) is 0 Å². The molecule has 0 fully saturated rings. The van der Waals surface area contributed by atoms with E-state index < -0.39 is 0 Å². The molecular weight excluding hydrogens is 232 g/mol. The van der Waals surface area contributed by atoms with Crippen molar-refractivity contribution in [1.82, 2.24) is 30.5 Å². The molecule has 2 aromatic rings. The lowest BCUT2D eigenvalue weighted by Crippen LogP contribution is -2.20. The molecule has 1 N–H and O–H groups in total. The van der Waals surface area contributed by atoms with Crippen LogP contribution in [0.3, 0.4) is 0 Å². The fraction of sp³-hybridized carbons (Fsp3) is 0.455. The first-order valence-corrected chi connectivity index (χ1v) is 5.63. The molecule has 7 heteroatoms. The van der Waals surface area contributed by atoms with Crippen molar-refractivity contribution in [2.45, 2.75) is 12.5 Å². The molecule has 0 aromatic carbocycles. The summed E-state index contributed by atoms with van der Waals surface area (Å²) in [4.78, 5) is 0. The molecule has 1 unspecified atom stereocenters. The fourth-order valence-corrected chi connectivity index (χ4v) is 1.68. The van der Waals surface area contributed by atoms with Crippen LogP contribution in [0.25, 0.3) is 0 Å². The Kier molecular flexibility index (Phi) is 3.83. The third-order valence-electron chi connectivity index (χ3n) is 2.64. The lowest BCUT2D eigenvalue weighted by molar-refractivity contribution is 0.389. The average Bonchev–Trinajstić information content (AvgIpc) is 2.82. The summed E-state index contributed by atoms with van der Waals surface area (Å²) < 4.78 is 6.67. The zero-order valence-corrected chi connectivity index (χ0v) is 10.7. The molecule has 18 heavy (non-hydrogen) atoms. The molecule has 0 radical (unpaired) electrons. The van der Waals surface area contributed by atoms with E-state index in [9.17, 15) is 0 Å². The summed E-state index contributed by atoms with van der Waals surface area (Å²) in [5, 5.41) is 19.3. The topological polar surface area (TPSA) is 77.8 Å². The summed E-state index contributed by atoms with van der Waals surface area (Å²) in [5.41, 5.74) is 1.76. The van der Waals surface area contributed by atoms with Gasteiger partial charge in [-0.05, 0) is 13.1 Å². The summed E-state index contributed by atoms with van der Waals surface area (Å²) >= 11 is 0. The van der Waals surface area contributed by atoms with Gasteiger partial charge in [0.05, 0.1) is 24.5 Å². The zero-order chi connectivity index (χ0) is 13.0. The largest absolute Gasteiger partial charge is 0.480 e. The van der Waals surface area contributed by atoms with Crippen molar-refractivity contribution in [3.63, 3.8) is 0 Å². The second-order valence-corrected chi connectivity index (χ2v) is 3.93. The van der Waals surface area contributed by atoms with Crippen LogP contribution in [0.5, 0.6) is 5.88 Å². The molecule has 0 spiro atoms. The summed E-state index contributed by atoms with van der Waals surface area (Å²) in [6.45, 7) is 0. The quantitative estimate of drug-likeness (QED) is 0.809. The van der Waals surface area contributed by atoms with Gasteiger partial charge in [0.15, 0.2) is 0 Å². The zero-order valence-electron chi connectivity index (χ0n) is 10.7. The molecule has 0 bridgehead atoms. The standard InChI is InChI=1S/C11H16N6O/c1-12-10(6-8-7-17(2)16-13-8)9-4-5-11(18-3)15-14-9/h4-5,7,10,12H,6H2,1-3H3. The third kappa shape index (κ3) is 2.80. The molecular formula is C11H16N6O. The van der Waals surface area contributed by atoms with Crippen molar-refractivity contribution in [2.75, 3.05) is 14.2 Å². The normalized spacial score (nSPS) is 12.4. The summed E-state index contributed by atoms with van der Waals surface area (Å²) in [6, 6.07) is 3.74. The monoisotopic (exact) mass is 248 g/mol. The number of aromatic nitrogens is 5. The maximum atomic E-state index is 4.98. The first kappa shape index (κ1) is 12.4. The second kappa shape index (κ2) is 5.54. The van der Waals surface area contributed by atoms with Crippen molar-refractivity contribution in [1.29, 1.82) is 0 Å². The average molecular weight is 248 g/mol. The SMILES string of the molecule is CNC(Cc1cn(C)nn1)c1ccc(OC)nn1. The predicted molar refractivity (Wildman–Crippen MR) is 65.1 cm³/mol. The van der Waals surface area contributed by atoms with E-state index in [1.54, 1.807) is 17.9 Å². The van der Waals surface area contributed by atoms with Gasteiger partial charge in [0.25, 0.3) is 0 Å². The molecule has 0 aliphatic rings. The Balaban J connectivity index is 2.12. The Morgan fingerprint density at radius 2 is 2.17 bits per heavy atom. The van der Waals surface area contributed by atoms with E-state index in [4.69, 9.17) is 4.74 Å². The molecule has 0 saturated heterocycles. The molecule has 7 nitrogen and oxygen atoms in total. The number of hydrogen-bond acceptors (Lipinski definition) is 6. The van der Waals surface area contributed by atoms with Crippen molar-refractivity contribution >= 4 is 0 Å². The number of likely N-dealkylation sites (N-methyl/N-ethyl adjacent to an activating group) is 1. The van der Waals surface area contributed by atoms with E-state index in [0.29, 0.717) is 12.3 Å². The third-order valence-corrected chi connectivity index (χ3v) is 2.64. The smallest absolute Gasteiger partial charge is 0.233 e. The van der Waals surface area contributed by atoms with Gasteiger partial charge in [0, 0.05) is 25.7 Å². The van der Waals surface area contributed by atoms with Crippen LogP contribution in [0.2, 0.25) is 0 Å². The molecule has 0 amide bonds. The maximum Gasteiger partial charge on any atom is 0.233 e. The Bertz CT molecular complexity index is 494. The van der Waals surface area contributed by atoms with Crippen molar-refractivity contribution in [2.24, 2.45) is 7.05 Å². The Hall–Kier alpha value is -2.02. The fourth-order valence-electron chi connectivity index (χ4n) is 1.68. The maximum absolute atomic E-state index is 4.98. The number of nitrogens with one attached hydrogen (secondary N) is 1. The van der Waals surface area contributed by atoms with Crippen LogP contribution in [0.1, 0.15) is 17.4 Å². The van der Waals surface area contributed by atoms with Gasteiger partial charge in [-0.2, -0.15) is 5.10 Å². The van der Waals surface area contributed by atoms with Gasteiger partial charge in [-0.3, -0.25) is 4.68 Å². The van der Waals surface area contributed by atoms with Crippen molar-refractivity contribution in [3.05, 3.63) is 29.7 Å². The minimum atomic E-state index is 0.0557. The van der Waals surface area contributed by atoms with Crippen LogP contribution in [-0.2, 0) is 13.5 Å². The number of rotatable bonds is 5. The molecule has 0 aliphatic heterocycles. The van der Waals surface area contributed by atoms with Gasteiger partial charge < -0.3 is 10.1 Å². The second-order valence-electron chi connectivity index (χ2n) is 3.93. The molecule has 2 rings (SSSR count). The lowest BCUT2D eigenvalue weighted by atomic mass is 10.1. The van der Waals surface area contributed by atoms with Gasteiger partial charge in [0.1, 0.15) is 0 Å². The lowest BCUT2D eigenvalue weighted by Gasteiger charge is -2.13. The molecule has 96 valence electrons. The van der Waals surface area contributed by atoms with Crippen molar-refractivity contribution in [3.8, 4) is 5.88 Å². The highest BCUT2D eigenvalue weighted by Gasteiger charge is 2.14. The Morgan fingerprint density at radius 3 is 2.67 bits per heavy atom. The summed E-state index contributed by atoms with van der Waals surface area (Å²) in [7, 11) is 5.30. The first-order valence-electron chi connectivity index (χ1n) is 5.63. The molecule has 2 aromatic heterocycles. The first-order chi connectivity index (χ1) is 8.72. The van der Waals surface area contributed by atoms with Crippen LogP contribution in [-0.4, -0.2) is 39.3 Å². The van der Waals surface area contributed by atoms with Crippen LogP contribution in [0.15, 0.2) is 18.3 Å². The van der Waals surface area contributed by atoms with Gasteiger partial charge in [-0.15, -0.1) is 10.2 Å². The number of ether oxygens (including phenoxy) is 1. The number of nitrogens with zero attached hydrogens (tertiary/aromatic N) is 5. The van der Waals surface area contributed by atoms with E-state index in [1.807, 2.05) is 26.4 Å². The molecule has 2 heterocycles. The number of methoxy groups -OCH3 is 1. The van der Waals surface area contributed by atoms with E-state index in [0.717, 1.165) is 11.4 Å². The Labute approximate surface area is 105 Å². The minimum absolute atomic E-state index is 0.0557. The van der Waals surface area contributed by atoms with Crippen LogP contribution in [0.4, 0.5) is 0 Å². The van der Waals surface area contributed by atoms with E-state index >= 15 is 0 Å². The van der Waals surface area contributed by atoms with Crippen LogP contribution < -0.4 is 10.1 Å². The number of aryl methyl sites for hydroxylation is 1. The van der Waals surface area contributed by atoms with E-state index in [2.05, 4.69) is 25.8 Å². The van der Waals surface area contributed by atoms with Gasteiger partial charge in [-0.1, -0.05) is 5.21 Å². The van der Waals surface area contributed by atoms with Crippen LogP contribution in [0, 0.1) is 0 Å². The highest BCUT2D eigenvalue weighted by Crippen LogP contribution is 2.15. The van der Waals surface area contributed by atoms with Gasteiger partial charge in [-0.25, -0.2) is 0 Å². The molecule has 0 saturated carbocycles. The van der Waals surface area contributed by atoms with Crippen molar-refractivity contribution < 1.29 is 4.74 Å². The minimum Gasteiger partial charge on any atom is -0.480 e. The summed E-state index contributed by atoms with van der Waals surface area (Å²) in [6.07, 6.45) is 2.60. The summed E-state index contributed by atoms with van der Waals surface area (Å²) in [5.74, 6) is 0.508. The van der Waals surface area contributed by atoms with Gasteiger partial charge in [0.2, 0.25) is 5.88 Å². The van der Waals surface area contributed by atoms with Crippen LogP contribution >= 0.6 is 0 Å². The van der Waals surface area contributed by atoms with E-state index in [-0.39, 0.29) is 6.04 Å². The Morgan fingerprint density at radius 1 is 1.33 bits per heavy atom. The molecule has 0 aliphatic carbocycles.